The molecule has 1 aliphatic carbocycles. The van der Waals surface area contributed by atoms with Gasteiger partial charge >= 0.3 is 5.97 Å². The van der Waals surface area contributed by atoms with Crippen LogP contribution in [-0.4, -0.2) is 53.9 Å². The van der Waals surface area contributed by atoms with Crippen LogP contribution in [0.1, 0.15) is 69.8 Å². The van der Waals surface area contributed by atoms with Crippen molar-refractivity contribution in [1.29, 1.82) is 0 Å². The molecule has 3 atom stereocenters. The van der Waals surface area contributed by atoms with Crippen LogP contribution in [0.25, 0.3) is 11.1 Å². The summed E-state index contributed by atoms with van der Waals surface area (Å²) in [5.41, 5.74) is 3.64. The highest BCUT2D eigenvalue weighted by molar-refractivity contribution is 5.66. The monoisotopic (exact) mass is 479 g/mol. The number of carboxylic acid groups (broad SMARTS) is 1. The van der Waals surface area contributed by atoms with Gasteiger partial charge in [-0.25, -0.2) is 0 Å². The molecule has 0 amide bonds. The Balaban J connectivity index is 1.32. The van der Waals surface area contributed by atoms with Gasteiger partial charge in [-0.3, -0.25) is 9.69 Å². The molecule has 0 unspecified atom stereocenters. The molecule has 2 fully saturated rings. The van der Waals surface area contributed by atoms with Crippen molar-refractivity contribution in [3.63, 3.8) is 0 Å². The summed E-state index contributed by atoms with van der Waals surface area (Å²) >= 11 is 0. The number of hydrogen-bond donors (Lipinski definition) is 1. The fourth-order valence-electron chi connectivity index (χ4n) is 5.53. The van der Waals surface area contributed by atoms with Crippen molar-refractivity contribution < 1.29 is 19.4 Å². The molecule has 190 valence electrons. The fraction of sp³-hybridized carbons (Fsp3) is 0.567. The zero-order valence-electron chi connectivity index (χ0n) is 20.9. The van der Waals surface area contributed by atoms with Crippen LogP contribution in [0.3, 0.4) is 0 Å². The Hall–Kier alpha value is -2.21. The van der Waals surface area contributed by atoms with Gasteiger partial charge in [0, 0.05) is 19.1 Å². The van der Waals surface area contributed by atoms with E-state index in [2.05, 4.69) is 53.4 Å². The topological polar surface area (TPSA) is 59.0 Å². The summed E-state index contributed by atoms with van der Waals surface area (Å²) in [7, 11) is 0. The second-order valence-corrected chi connectivity index (χ2v) is 10.0. The third-order valence-corrected chi connectivity index (χ3v) is 7.47. The average molecular weight is 480 g/mol. The van der Waals surface area contributed by atoms with E-state index in [0.717, 1.165) is 45.2 Å². The summed E-state index contributed by atoms with van der Waals surface area (Å²) in [5, 5.41) is 8.85. The molecule has 5 heteroatoms. The lowest BCUT2D eigenvalue weighted by Crippen LogP contribution is -2.46. The number of nitrogens with zero attached hydrogens (tertiary/aromatic N) is 1. The van der Waals surface area contributed by atoms with E-state index >= 15 is 0 Å². The Morgan fingerprint density at radius 3 is 2.26 bits per heavy atom. The van der Waals surface area contributed by atoms with Crippen molar-refractivity contribution in [2.24, 2.45) is 0 Å². The van der Waals surface area contributed by atoms with Gasteiger partial charge in [-0.2, -0.15) is 0 Å². The Kier molecular flexibility index (Phi) is 10.2. The predicted molar refractivity (Wildman–Crippen MR) is 139 cm³/mol. The van der Waals surface area contributed by atoms with Crippen molar-refractivity contribution in [3.8, 4) is 11.1 Å². The first-order valence-corrected chi connectivity index (χ1v) is 13.5. The fourth-order valence-corrected chi connectivity index (χ4v) is 5.53. The second kappa shape index (κ2) is 13.8. The zero-order chi connectivity index (χ0) is 24.3. The number of aliphatic carboxylic acids is 1. The van der Waals surface area contributed by atoms with Crippen LogP contribution in [0.2, 0.25) is 0 Å². The van der Waals surface area contributed by atoms with Crippen molar-refractivity contribution in [2.75, 3.05) is 19.7 Å². The van der Waals surface area contributed by atoms with Crippen LogP contribution >= 0.6 is 0 Å². The SMILES string of the molecule is O=C(O)CCCCCO[C@H]1[C@@H](OCc2ccc(-c3ccccc3)cc2)CC[C@@H]1N1CCCCCC1. The van der Waals surface area contributed by atoms with Gasteiger partial charge in [-0.1, -0.05) is 73.9 Å². The van der Waals surface area contributed by atoms with Crippen LogP contribution in [0.5, 0.6) is 0 Å². The van der Waals surface area contributed by atoms with E-state index in [1.54, 1.807) is 0 Å². The number of benzene rings is 2. The summed E-state index contributed by atoms with van der Waals surface area (Å²) in [6.07, 6.45) is 10.3. The van der Waals surface area contributed by atoms with Crippen LogP contribution in [-0.2, 0) is 20.9 Å². The molecule has 2 aromatic carbocycles. The lowest BCUT2D eigenvalue weighted by atomic mass is 10.0. The number of carboxylic acids is 1. The molecular formula is C30H41NO4. The van der Waals surface area contributed by atoms with E-state index in [9.17, 15) is 4.79 Å². The minimum absolute atomic E-state index is 0.0937. The number of unbranched alkanes of at least 4 members (excludes halogenated alkanes) is 2. The van der Waals surface area contributed by atoms with Gasteiger partial charge in [0.15, 0.2) is 0 Å². The summed E-state index contributed by atoms with van der Waals surface area (Å²) in [5.74, 6) is -0.715. The lowest BCUT2D eigenvalue weighted by Gasteiger charge is -2.33. The van der Waals surface area contributed by atoms with Gasteiger partial charge in [-0.05, 0) is 68.3 Å². The quantitative estimate of drug-likeness (QED) is 0.362. The number of rotatable bonds is 12. The first-order valence-electron chi connectivity index (χ1n) is 13.5. The molecule has 4 rings (SSSR count). The van der Waals surface area contributed by atoms with Crippen LogP contribution < -0.4 is 0 Å². The molecule has 35 heavy (non-hydrogen) atoms. The van der Waals surface area contributed by atoms with Crippen molar-refractivity contribution in [1.82, 2.24) is 4.90 Å². The minimum Gasteiger partial charge on any atom is -0.481 e. The van der Waals surface area contributed by atoms with Crippen molar-refractivity contribution in [2.45, 2.75) is 89.1 Å². The molecule has 0 aromatic heterocycles. The van der Waals surface area contributed by atoms with E-state index in [1.807, 2.05) is 6.07 Å². The molecule has 0 bridgehead atoms. The Bertz CT molecular complexity index is 877. The van der Waals surface area contributed by atoms with E-state index in [0.29, 0.717) is 19.3 Å². The van der Waals surface area contributed by atoms with Gasteiger partial charge in [0.25, 0.3) is 0 Å². The maximum atomic E-state index is 10.8. The number of hydrogen-bond acceptors (Lipinski definition) is 4. The largest absolute Gasteiger partial charge is 0.481 e. The van der Waals surface area contributed by atoms with Gasteiger partial charge < -0.3 is 14.6 Å². The maximum Gasteiger partial charge on any atom is 0.303 e. The summed E-state index contributed by atoms with van der Waals surface area (Å²) < 4.78 is 13.0. The van der Waals surface area contributed by atoms with E-state index in [1.165, 1.54) is 42.4 Å². The molecule has 2 aliphatic rings. The number of carbonyl (C=O) groups is 1. The number of likely N-dealkylation sites (tertiary alicyclic amines) is 1. The molecular weight excluding hydrogens is 438 g/mol. The molecule has 1 N–H and O–H groups in total. The predicted octanol–water partition coefficient (Wildman–Crippen LogP) is 6.31. The van der Waals surface area contributed by atoms with Gasteiger partial charge in [-0.15, -0.1) is 0 Å². The molecule has 1 aliphatic heterocycles. The normalized spacial score (nSPS) is 23.3. The molecule has 0 radical (unpaired) electrons. The van der Waals surface area contributed by atoms with Crippen molar-refractivity contribution >= 4 is 5.97 Å². The van der Waals surface area contributed by atoms with E-state index < -0.39 is 5.97 Å². The van der Waals surface area contributed by atoms with Crippen molar-refractivity contribution in [3.05, 3.63) is 60.2 Å². The maximum absolute atomic E-state index is 10.8. The first-order chi connectivity index (χ1) is 17.2. The average Bonchev–Trinajstić information content (AvgIpc) is 3.08. The van der Waals surface area contributed by atoms with Gasteiger partial charge in [0.05, 0.1) is 18.8 Å². The Morgan fingerprint density at radius 2 is 1.54 bits per heavy atom. The molecule has 1 heterocycles. The first kappa shape index (κ1) is 25.9. The summed E-state index contributed by atoms with van der Waals surface area (Å²) in [4.78, 5) is 13.4. The van der Waals surface area contributed by atoms with Gasteiger partial charge in [0.1, 0.15) is 0 Å². The Labute approximate surface area is 210 Å². The summed E-state index contributed by atoms with van der Waals surface area (Å²) in [6.45, 7) is 3.61. The Morgan fingerprint density at radius 1 is 0.829 bits per heavy atom. The summed E-state index contributed by atoms with van der Waals surface area (Å²) in [6, 6.07) is 19.6. The van der Waals surface area contributed by atoms with Crippen LogP contribution in [0.15, 0.2) is 54.6 Å². The van der Waals surface area contributed by atoms with Crippen LogP contribution in [0.4, 0.5) is 0 Å². The minimum atomic E-state index is -0.715. The highest BCUT2D eigenvalue weighted by atomic mass is 16.5. The van der Waals surface area contributed by atoms with E-state index in [-0.39, 0.29) is 18.6 Å². The molecule has 0 spiro atoms. The highest BCUT2D eigenvalue weighted by Gasteiger charge is 2.40. The highest BCUT2D eigenvalue weighted by Crippen LogP contribution is 2.32. The number of ether oxygens (including phenoxy) is 2. The molecule has 5 nitrogen and oxygen atoms in total. The lowest BCUT2D eigenvalue weighted by molar-refractivity contribution is -0.137. The van der Waals surface area contributed by atoms with E-state index in [4.69, 9.17) is 14.6 Å². The third kappa shape index (κ3) is 7.89. The smallest absolute Gasteiger partial charge is 0.303 e. The zero-order valence-corrected chi connectivity index (χ0v) is 20.9. The van der Waals surface area contributed by atoms with Crippen LogP contribution in [0, 0.1) is 0 Å². The third-order valence-electron chi connectivity index (χ3n) is 7.47. The standard InChI is InChI=1S/C30H41NO4/c32-29(33)13-7-4-10-22-34-30-27(31-20-8-1-2-9-21-31)18-19-28(30)35-23-24-14-16-26(17-15-24)25-11-5-3-6-12-25/h3,5-6,11-12,14-17,27-28,30H,1-2,4,7-10,13,18-23H2,(H,32,33)/t27-,28-,30+/m0/s1. The molecule has 1 saturated carbocycles. The van der Waals surface area contributed by atoms with Gasteiger partial charge in [0.2, 0.25) is 0 Å². The molecule has 2 aromatic rings. The second-order valence-electron chi connectivity index (χ2n) is 10.0. The molecule has 1 saturated heterocycles.